The number of aromatic nitrogens is 1. The highest BCUT2D eigenvalue weighted by Gasteiger charge is 2.35. The summed E-state index contributed by atoms with van der Waals surface area (Å²) in [5.41, 5.74) is 6.66. The Hall–Kier alpha value is -3.00. The molecule has 0 amide bonds. The molecule has 0 aliphatic carbocycles. The van der Waals surface area contributed by atoms with Crippen LogP contribution in [0.25, 0.3) is 11.1 Å². The molecule has 0 spiro atoms. The molecule has 1 aromatic heterocycles. The number of hydrogen-bond donors (Lipinski definition) is 1. The number of methoxy groups -OCH3 is 2. The fourth-order valence-corrected chi connectivity index (χ4v) is 3.20. The number of anilines is 1. The summed E-state index contributed by atoms with van der Waals surface area (Å²) < 4.78 is 30.7. The average Bonchev–Trinajstić information content (AvgIpc) is 2.66. The summed E-state index contributed by atoms with van der Waals surface area (Å²) >= 11 is 0. The molecule has 1 atom stereocenters. The van der Waals surface area contributed by atoms with Gasteiger partial charge < -0.3 is 19.9 Å². The van der Waals surface area contributed by atoms with Crippen LogP contribution >= 0.6 is 0 Å². The topological polar surface area (TPSA) is 101 Å². The fourth-order valence-electron chi connectivity index (χ4n) is 3.20. The third-order valence-corrected chi connectivity index (χ3v) is 4.46. The zero-order valence-electron chi connectivity index (χ0n) is 18.3. The molecule has 7 nitrogen and oxygen atoms in total. The van der Waals surface area contributed by atoms with Crippen LogP contribution in [-0.2, 0) is 19.0 Å². The molecule has 0 radical (unpaired) electrons. The Morgan fingerprint density at radius 1 is 1.13 bits per heavy atom. The molecule has 0 fully saturated rings. The highest BCUT2D eigenvalue weighted by molar-refractivity contribution is 5.93. The number of carbonyl (C=O) groups is 2. The van der Waals surface area contributed by atoms with Crippen molar-refractivity contribution in [1.82, 2.24) is 4.98 Å². The van der Waals surface area contributed by atoms with Crippen LogP contribution in [0.5, 0.6) is 0 Å². The van der Waals surface area contributed by atoms with E-state index in [1.807, 2.05) is 0 Å². The lowest BCUT2D eigenvalue weighted by atomic mass is 9.89. The van der Waals surface area contributed by atoms with Gasteiger partial charge in [0.05, 0.1) is 19.8 Å². The van der Waals surface area contributed by atoms with Gasteiger partial charge in [-0.2, -0.15) is 0 Å². The number of nitrogen functional groups attached to an aromatic ring is 1. The highest BCUT2D eigenvalue weighted by atomic mass is 19.1. The van der Waals surface area contributed by atoms with E-state index in [1.165, 1.54) is 32.4 Å². The zero-order valence-corrected chi connectivity index (χ0v) is 18.3. The second-order valence-corrected chi connectivity index (χ2v) is 7.82. The fraction of sp³-hybridized carbons (Fsp3) is 0.409. The summed E-state index contributed by atoms with van der Waals surface area (Å²) in [6.07, 6.45) is -1.19. The molecule has 0 unspecified atom stereocenters. The van der Waals surface area contributed by atoms with Crippen molar-refractivity contribution in [1.29, 1.82) is 0 Å². The number of pyridine rings is 1. The van der Waals surface area contributed by atoms with Crippen LogP contribution in [0.2, 0.25) is 0 Å². The highest BCUT2D eigenvalue weighted by Crippen LogP contribution is 2.39. The van der Waals surface area contributed by atoms with Gasteiger partial charge in [0.2, 0.25) is 0 Å². The molecule has 1 heterocycles. The maximum absolute atomic E-state index is 15.0. The van der Waals surface area contributed by atoms with Gasteiger partial charge in [-0.15, -0.1) is 0 Å². The molecule has 30 heavy (non-hydrogen) atoms. The quantitative estimate of drug-likeness (QED) is 0.580. The Kier molecular flexibility index (Phi) is 6.82. The SMILES string of the molecule is COC(=O)c1nc(C)c([C@H](OC(C)(C)C)C(=O)OC)c(-c2ccc(N)cc2F)c1C. The Labute approximate surface area is 175 Å². The van der Waals surface area contributed by atoms with Gasteiger partial charge in [-0.1, -0.05) is 0 Å². The van der Waals surface area contributed by atoms with Crippen LogP contribution in [0, 0.1) is 19.7 Å². The van der Waals surface area contributed by atoms with Crippen molar-refractivity contribution in [3.05, 3.63) is 46.5 Å². The first kappa shape index (κ1) is 23.3. The number of nitrogens with two attached hydrogens (primary N) is 1. The first-order chi connectivity index (χ1) is 13.9. The van der Waals surface area contributed by atoms with E-state index < -0.39 is 29.5 Å². The van der Waals surface area contributed by atoms with Crippen molar-refractivity contribution < 1.29 is 28.2 Å². The minimum atomic E-state index is -1.19. The van der Waals surface area contributed by atoms with Crippen LogP contribution < -0.4 is 5.73 Å². The molecule has 162 valence electrons. The van der Waals surface area contributed by atoms with Gasteiger partial charge in [0.25, 0.3) is 0 Å². The summed E-state index contributed by atoms with van der Waals surface area (Å²) in [6, 6.07) is 4.19. The number of halogens is 1. The number of aryl methyl sites for hydroxylation is 1. The summed E-state index contributed by atoms with van der Waals surface area (Å²) in [5, 5.41) is 0. The lowest BCUT2D eigenvalue weighted by Gasteiger charge is -2.29. The molecule has 2 rings (SSSR count). The van der Waals surface area contributed by atoms with Gasteiger partial charge in [0.1, 0.15) is 5.82 Å². The summed E-state index contributed by atoms with van der Waals surface area (Å²) in [4.78, 5) is 29.3. The maximum atomic E-state index is 15.0. The van der Waals surface area contributed by atoms with E-state index in [2.05, 4.69) is 4.98 Å². The molecule has 0 saturated carbocycles. The third kappa shape index (κ3) is 4.76. The first-order valence-corrected chi connectivity index (χ1v) is 9.31. The van der Waals surface area contributed by atoms with E-state index in [4.69, 9.17) is 19.9 Å². The summed E-state index contributed by atoms with van der Waals surface area (Å²) in [5.74, 6) is -1.96. The number of hydrogen-bond acceptors (Lipinski definition) is 7. The number of benzene rings is 1. The van der Waals surface area contributed by atoms with E-state index in [-0.39, 0.29) is 16.9 Å². The number of rotatable bonds is 5. The van der Waals surface area contributed by atoms with E-state index in [9.17, 15) is 14.0 Å². The zero-order chi connectivity index (χ0) is 22.8. The molecule has 8 heteroatoms. The lowest BCUT2D eigenvalue weighted by Crippen LogP contribution is -2.30. The number of carbonyl (C=O) groups excluding carboxylic acids is 2. The van der Waals surface area contributed by atoms with Crippen molar-refractivity contribution in [2.75, 3.05) is 20.0 Å². The van der Waals surface area contributed by atoms with Crippen molar-refractivity contribution in [2.45, 2.75) is 46.3 Å². The van der Waals surface area contributed by atoms with E-state index >= 15 is 0 Å². The molecule has 1 aromatic carbocycles. The Morgan fingerprint density at radius 3 is 2.27 bits per heavy atom. The molecule has 0 bridgehead atoms. The molecule has 0 aliphatic rings. The van der Waals surface area contributed by atoms with Gasteiger partial charge in [-0.3, -0.25) is 0 Å². The smallest absolute Gasteiger partial charge is 0.356 e. The van der Waals surface area contributed by atoms with E-state index in [0.29, 0.717) is 22.4 Å². The lowest BCUT2D eigenvalue weighted by molar-refractivity contribution is -0.164. The van der Waals surface area contributed by atoms with Gasteiger partial charge in [-0.25, -0.2) is 19.0 Å². The van der Waals surface area contributed by atoms with Crippen molar-refractivity contribution in [3.63, 3.8) is 0 Å². The van der Waals surface area contributed by atoms with E-state index in [0.717, 1.165) is 0 Å². The van der Waals surface area contributed by atoms with Gasteiger partial charge in [-0.05, 0) is 63.9 Å². The van der Waals surface area contributed by atoms with Crippen LogP contribution in [0.1, 0.15) is 54.2 Å². The third-order valence-electron chi connectivity index (χ3n) is 4.46. The van der Waals surface area contributed by atoms with Gasteiger partial charge >= 0.3 is 11.9 Å². The number of esters is 2. The molecular weight excluding hydrogens is 391 g/mol. The van der Waals surface area contributed by atoms with Crippen LogP contribution in [0.3, 0.4) is 0 Å². The minimum Gasteiger partial charge on any atom is -0.467 e. The molecule has 0 aliphatic heterocycles. The van der Waals surface area contributed by atoms with E-state index in [1.54, 1.807) is 34.6 Å². The van der Waals surface area contributed by atoms with Gasteiger partial charge in [0, 0.05) is 22.5 Å². The van der Waals surface area contributed by atoms with Crippen LogP contribution in [-0.4, -0.2) is 36.7 Å². The normalized spacial score (nSPS) is 12.4. The summed E-state index contributed by atoms with van der Waals surface area (Å²) in [6.45, 7) is 8.57. The maximum Gasteiger partial charge on any atom is 0.356 e. The monoisotopic (exact) mass is 418 g/mol. The van der Waals surface area contributed by atoms with Crippen molar-refractivity contribution in [2.24, 2.45) is 0 Å². The molecular formula is C22H27FN2O5. The Bertz CT molecular complexity index is 982. The predicted molar refractivity (Wildman–Crippen MR) is 110 cm³/mol. The van der Waals surface area contributed by atoms with Crippen molar-refractivity contribution in [3.8, 4) is 11.1 Å². The predicted octanol–water partition coefficient (Wildman–Crippen LogP) is 3.90. The number of ether oxygens (including phenoxy) is 3. The average molecular weight is 418 g/mol. The molecule has 0 saturated heterocycles. The second-order valence-electron chi connectivity index (χ2n) is 7.82. The van der Waals surface area contributed by atoms with Crippen LogP contribution in [0.15, 0.2) is 18.2 Å². The largest absolute Gasteiger partial charge is 0.467 e. The Balaban J connectivity index is 2.95. The molecule has 2 aromatic rings. The minimum absolute atomic E-state index is 0.0179. The first-order valence-electron chi connectivity index (χ1n) is 9.31. The van der Waals surface area contributed by atoms with Crippen molar-refractivity contribution >= 4 is 17.6 Å². The second kappa shape index (κ2) is 8.79. The number of nitrogens with zero attached hydrogens (tertiary/aromatic N) is 1. The Morgan fingerprint density at radius 2 is 1.77 bits per heavy atom. The standard InChI is InChI=1S/C22H27FN2O5/c1-11-16(14-9-8-13(24)10-15(14)23)17(12(2)25-18(11)20(26)28-6)19(21(27)29-7)30-22(3,4)5/h8-10,19H,24H2,1-7H3/t19-/m0/s1. The van der Waals surface area contributed by atoms with Crippen LogP contribution in [0.4, 0.5) is 10.1 Å². The van der Waals surface area contributed by atoms with Gasteiger partial charge in [0.15, 0.2) is 11.8 Å². The molecule has 2 N–H and O–H groups in total. The summed E-state index contributed by atoms with van der Waals surface area (Å²) in [7, 11) is 2.47.